The van der Waals surface area contributed by atoms with Gasteiger partial charge in [-0.05, 0) is 24.1 Å². The summed E-state index contributed by atoms with van der Waals surface area (Å²) >= 11 is 0. The second kappa shape index (κ2) is 7.27. The van der Waals surface area contributed by atoms with Gasteiger partial charge < -0.3 is 15.4 Å². The normalized spacial score (nSPS) is 12.9. The van der Waals surface area contributed by atoms with Crippen molar-refractivity contribution in [1.82, 2.24) is 10.3 Å². The summed E-state index contributed by atoms with van der Waals surface area (Å²) in [7, 11) is 0. The quantitative estimate of drug-likeness (QED) is 0.699. The zero-order chi connectivity index (χ0) is 15.2. The molecular weight excluding hydrogens is 264 g/mol. The first-order valence-corrected chi connectivity index (χ1v) is 7.66. The number of rotatable bonds is 8. The van der Waals surface area contributed by atoms with Crippen LogP contribution in [0.3, 0.4) is 0 Å². The zero-order valence-corrected chi connectivity index (χ0v) is 12.7. The third-order valence-corrected chi connectivity index (χ3v) is 4.20. The van der Waals surface area contributed by atoms with Crippen molar-refractivity contribution in [1.29, 1.82) is 0 Å². The molecule has 0 bridgehead atoms. The van der Waals surface area contributed by atoms with Gasteiger partial charge in [0.25, 0.3) is 0 Å². The van der Waals surface area contributed by atoms with E-state index in [1.54, 1.807) is 0 Å². The summed E-state index contributed by atoms with van der Waals surface area (Å²) in [6.45, 7) is 5.04. The zero-order valence-electron chi connectivity index (χ0n) is 12.7. The number of aromatic nitrogens is 1. The van der Waals surface area contributed by atoms with E-state index in [9.17, 15) is 9.90 Å². The third kappa shape index (κ3) is 3.85. The van der Waals surface area contributed by atoms with Crippen molar-refractivity contribution in [2.75, 3.05) is 6.54 Å². The minimum absolute atomic E-state index is 0.499. The van der Waals surface area contributed by atoms with Gasteiger partial charge in [0.2, 0.25) is 0 Å². The molecule has 0 aliphatic heterocycles. The molecule has 4 nitrogen and oxygen atoms in total. The average molecular weight is 288 g/mol. The fourth-order valence-corrected chi connectivity index (χ4v) is 2.65. The minimum atomic E-state index is -0.786. The van der Waals surface area contributed by atoms with Crippen LogP contribution in [0.2, 0.25) is 0 Å². The molecule has 0 saturated carbocycles. The van der Waals surface area contributed by atoms with Gasteiger partial charge in [0.1, 0.15) is 6.04 Å². The van der Waals surface area contributed by atoms with Gasteiger partial charge in [-0.15, -0.1) is 0 Å². The predicted octanol–water partition coefficient (Wildman–Crippen LogP) is 3.19. The number of hydrogen-bond donors (Lipinski definition) is 3. The Morgan fingerprint density at radius 2 is 2.00 bits per heavy atom. The number of carbonyl (C=O) groups is 1. The predicted molar refractivity (Wildman–Crippen MR) is 85.5 cm³/mol. The number of carboxylic acid groups (broad SMARTS) is 1. The smallest absolute Gasteiger partial charge is 0.321 e. The fraction of sp³-hybridized carbons (Fsp3) is 0.471. The van der Waals surface area contributed by atoms with Gasteiger partial charge >= 0.3 is 5.97 Å². The largest absolute Gasteiger partial charge is 0.480 e. The highest BCUT2D eigenvalue weighted by Gasteiger charge is 2.20. The summed E-state index contributed by atoms with van der Waals surface area (Å²) in [5, 5.41) is 13.7. The van der Waals surface area contributed by atoms with Crippen molar-refractivity contribution in [3.05, 3.63) is 36.0 Å². The van der Waals surface area contributed by atoms with Gasteiger partial charge in [-0.1, -0.05) is 44.9 Å². The SMILES string of the molecule is CCC(CC)CNC(Cc1c[nH]c2ccccc12)C(=O)O. The summed E-state index contributed by atoms with van der Waals surface area (Å²) in [4.78, 5) is 14.7. The molecule has 114 valence electrons. The van der Waals surface area contributed by atoms with E-state index in [1.807, 2.05) is 30.5 Å². The summed E-state index contributed by atoms with van der Waals surface area (Å²) in [5.41, 5.74) is 2.10. The lowest BCUT2D eigenvalue weighted by molar-refractivity contribution is -0.139. The summed E-state index contributed by atoms with van der Waals surface area (Å²) in [6, 6.07) is 7.45. The Morgan fingerprint density at radius 1 is 1.29 bits per heavy atom. The molecule has 2 aromatic rings. The van der Waals surface area contributed by atoms with Crippen molar-refractivity contribution >= 4 is 16.9 Å². The van der Waals surface area contributed by atoms with Crippen LogP contribution in [0.4, 0.5) is 0 Å². The Kier molecular flexibility index (Phi) is 5.39. The number of H-pyrrole nitrogens is 1. The molecular formula is C17H24N2O2. The monoisotopic (exact) mass is 288 g/mol. The fourth-order valence-electron chi connectivity index (χ4n) is 2.65. The lowest BCUT2D eigenvalue weighted by Crippen LogP contribution is -2.40. The summed E-state index contributed by atoms with van der Waals surface area (Å²) in [6.07, 6.45) is 4.56. The van der Waals surface area contributed by atoms with Crippen LogP contribution in [-0.4, -0.2) is 28.6 Å². The van der Waals surface area contributed by atoms with Crippen molar-refractivity contribution in [2.45, 2.75) is 39.2 Å². The number of nitrogens with one attached hydrogen (secondary N) is 2. The molecule has 0 aliphatic carbocycles. The van der Waals surface area contributed by atoms with E-state index in [4.69, 9.17) is 0 Å². The van der Waals surface area contributed by atoms with Crippen LogP contribution < -0.4 is 5.32 Å². The number of fused-ring (bicyclic) bond motifs is 1. The van der Waals surface area contributed by atoms with Gasteiger partial charge in [0.05, 0.1) is 0 Å². The number of para-hydroxylation sites is 1. The van der Waals surface area contributed by atoms with Crippen molar-refractivity contribution in [3.8, 4) is 0 Å². The second-order valence-corrected chi connectivity index (χ2v) is 5.55. The lowest BCUT2D eigenvalue weighted by atomic mass is 10.0. The maximum Gasteiger partial charge on any atom is 0.321 e. The van der Waals surface area contributed by atoms with E-state index in [0.29, 0.717) is 12.3 Å². The van der Waals surface area contributed by atoms with Gasteiger partial charge in [-0.3, -0.25) is 4.79 Å². The number of aromatic amines is 1. The van der Waals surface area contributed by atoms with Crippen molar-refractivity contribution < 1.29 is 9.90 Å². The topological polar surface area (TPSA) is 65.1 Å². The van der Waals surface area contributed by atoms with Crippen LogP contribution in [0.25, 0.3) is 10.9 Å². The molecule has 0 fully saturated rings. The number of aliphatic carboxylic acids is 1. The Hall–Kier alpha value is -1.81. The molecule has 0 spiro atoms. The highest BCUT2D eigenvalue weighted by Crippen LogP contribution is 2.19. The summed E-state index contributed by atoms with van der Waals surface area (Å²) in [5.74, 6) is -0.249. The van der Waals surface area contributed by atoms with E-state index in [2.05, 4.69) is 24.1 Å². The molecule has 1 unspecified atom stereocenters. The minimum Gasteiger partial charge on any atom is -0.480 e. The Balaban J connectivity index is 2.07. The molecule has 1 heterocycles. The van der Waals surface area contributed by atoms with Crippen LogP contribution in [0.1, 0.15) is 32.3 Å². The number of benzene rings is 1. The number of hydrogen-bond acceptors (Lipinski definition) is 2. The van der Waals surface area contributed by atoms with Gasteiger partial charge in [-0.2, -0.15) is 0 Å². The summed E-state index contributed by atoms with van der Waals surface area (Å²) < 4.78 is 0. The van der Waals surface area contributed by atoms with E-state index in [0.717, 1.165) is 35.9 Å². The van der Waals surface area contributed by atoms with Gasteiger partial charge in [0, 0.05) is 23.5 Å². The second-order valence-electron chi connectivity index (χ2n) is 5.55. The van der Waals surface area contributed by atoms with E-state index in [-0.39, 0.29) is 0 Å². The molecule has 3 N–H and O–H groups in total. The Morgan fingerprint density at radius 3 is 2.67 bits per heavy atom. The van der Waals surface area contributed by atoms with Crippen LogP contribution in [0.5, 0.6) is 0 Å². The average Bonchev–Trinajstić information content (AvgIpc) is 2.90. The van der Waals surface area contributed by atoms with Gasteiger partial charge in [0.15, 0.2) is 0 Å². The van der Waals surface area contributed by atoms with Crippen LogP contribution in [0, 0.1) is 5.92 Å². The van der Waals surface area contributed by atoms with Crippen LogP contribution >= 0.6 is 0 Å². The maximum atomic E-state index is 11.5. The molecule has 2 rings (SSSR count). The highest BCUT2D eigenvalue weighted by molar-refractivity contribution is 5.84. The first-order valence-electron chi connectivity index (χ1n) is 7.66. The standard InChI is InChI=1S/C17H24N2O2/c1-3-12(4-2)10-18-16(17(20)21)9-13-11-19-15-8-6-5-7-14(13)15/h5-8,11-12,16,18-19H,3-4,9-10H2,1-2H3,(H,20,21). The van der Waals surface area contributed by atoms with E-state index in [1.165, 1.54) is 0 Å². The molecule has 1 atom stereocenters. The number of carboxylic acids is 1. The molecule has 4 heteroatoms. The van der Waals surface area contributed by atoms with E-state index < -0.39 is 12.0 Å². The Labute approximate surface area is 125 Å². The molecule has 0 radical (unpaired) electrons. The van der Waals surface area contributed by atoms with Gasteiger partial charge in [-0.25, -0.2) is 0 Å². The van der Waals surface area contributed by atoms with Crippen molar-refractivity contribution in [3.63, 3.8) is 0 Å². The van der Waals surface area contributed by atoms with E-state index >= 15 is 0 Å². The first kappa shape index (κ1) is 15.6. The highest BCUT2D eigenvalue weighted by atomic mass is 16.4. The molecule has 1 aromatic carbocycles. The molecule has 0 amide bonds. The van der Waals surface area contributed by atoms with Crippen LogP contribution in [-0.2, 0) is 11.2 Å². The molecule has 21 heavy (non-hydrogen) atoms. The van der Waals surface area contributed by atoms with Crippen LogP contribution in [0.15, 0.2) is 30.5 Å². The van der Waals surface area contributed by atoms with Crippen molar-refractivity contribution in [2.24, 2.45) is 5.92 Å². The Bertz CT molecular complexity index is 587. The lowest BCUT2D eigenvalue weighted by Gasteiger charge is -2.18. The molecule has 0 aliphatic rings. The third-order valence-electron chi connectivity index (χ3n) is 4.20. The maximum absolute atomic E-state index is 11.5. The molecule has 0 saturated heterocycles. The first-order chi connectivity index (χ1) is 10.2. The molecule has 1 aromatic heterocycles.